The maximum absolute atomic E-state index is 4.77. The molecule has 20 heavy (non-hydrogen) atoms. The van der Waals surface area contributed by atoms with Crippen LogP contribution in [-0.2, 0) is 13.1 Å². The summed E-state index contributed by atoms with van der Waals surface area (Å²) in [5.74, 6) is 0. The van der Waals surface area contributed by atoms with Crippen molar-refractivity contribution >= 4 is 27.8 Å². The van der Waals surface area contributed by atoms with Crippen LogP contribution >= 0.6 is 22.7 Å². The van der Waals surface area contributed by atoms with Crippen molar-refractivity contribution in [2.24, 2.45) is 0 Å². The highest BCUT2D eigenvalue weighted by atomic mass is 32.1. The smallest absolute Gasteiger partial charge is 0.186 e. The molecule has 1 N–H and O–H groups in total. The first-order valence-corrected chi connectivity index (χ1v) is 8.90. The number of thiazole rings is 1. The maximum Gasteiger partial charge on any atom is 0.186 e. The van der Waals surface area contributed by atoms with Crippen molar-refractivity contribution in [2.45, 2.75) is 46.3 Å². The first kappa shape index (κ1) is 15.5. The van der Waals surface area contributed by atoms with Gasteiger partial charge in [-0.05, 0) is 38.3 Å². The lowest BCUT2D eigenvalue weighted by Gasteiger charge is -2.25. The van der Waals surface area contributed by atoms with Crippen LogP contribution < -0.4 is 10.2 Å². The van der Waals surface area contributed by atoms with Gasteiger partial charge in [0.05, 0.1) is 12.2 Å². The molecule has 0 bridgehead atoms. The van der Waals surface area contributed by atoms with E-state index >= 15 is 0 Å². The van der Waals surface area contributed by atoms with Crippen LogP contribution in [0.5, 0.6) is 0 Å². The van der Waals surface area contributed by atoms with Gasteiger partial charge in [0.15, 0.2) is 5.13 Å². The molecule has 0 fully saturated rings. The van der Waals surface area contributed by atoms with E-state index in [4.69, 9.17) is 4.98 Å². The molecule has 5 heteroatoms. The number of anilines is 1. The number of hydrogen-bond acceptors (Lipinski definition) is 5. The van der Waals surface area contributed by atoms with E-state index in [1.165, 1.54) is 4.88 Å². The largest absolute Gasteiger partial charge is 0.341 e. The standard InChI is InChI=1S/C15H23N3S2/c1-4-7-16-9-13-11-20-15(17-13)18(12(2)3)10-14-6-5-8-19-14/h5-6,8,11-12,16H,4,7,9-10H2,1-3H3. The molecule has 0 aliphatic heterocycles. The van der Waals surface area contributed by atoms with E-state index in [9.17, 15) is 0 Å². The SMILES string of the molecule is CCCNCc1csc(N(Cc2cccs2)C(C)C)n1. The predicted octanol–water partition coefficient (Wildman–Crippen LogP) is 4.12. The highest BCUT2D eigenvalue weighted by molar-refractivity contribution is 7.13. The summed E-state index contributed by atoms with van der Waals surface area (Å²) in [4.78, 5) is 8.53. The summed E-state index contributed by atoms with van der Waals surface area (Å²) in [7, 11) is 0. The molecule has 0 aromatic carbocycles. The average molecular weight is 310 g/mol. The van der Waals surface area contributed by atoms with Gasteiger partial charge in [0.25, 0.3) is 0 Å². The Morgan fingerprint density at radius 1 is 1.35 bits per heavy atom. The molecule has 0 aliphatic carbocycles. The maximum atomic E-state index is 4.77. The lowest BCUT2D eigenvalue weighted by molar-refractivity contribution is 0.658. The lowest BCUT2D eigenvalue weighted by atomic mass is 10.3. The lowest BCUT2D eigenvalue weighted by Crippen LogP contribution is -2.29. The molecule has 0 aliphatic rings. The molecule has 110 valence electrons. The quantitative estimate of drug-likeness (QED) is 0.744. The van der Waals surface area contributed by atoms with Gasteiger partial charge in [0.1, 0.15) is 0 Å². The number of nitrogens with one attached hydrogen (secondary N) is 1. The predicted molar refractivity (Wildman–Crippen MR) is 89.7 cm³/mol. The van der Waals surface area contributed by atoms with E-state index in [0.29, 0.717) is 6.04 Å². The molecule has 0 saturated carbocycles. The van der Waals surface area contributed by atoms with Crippen LogP contribution in [-0.4, -0.2) is 17.6 Å². The van der Waals surface area contributed by atoms with Crippen LogP contribution in [0.25, 0.3) is 0 Å². The van der Waals surface area contributed by atoms with Crippen molar-refractivity contribution in [3.05, 3.63) is 33.5 Å². The Labute approximate surface area is 129 Å². The van der Waals surface area contributed by atoms with Crippen LogP contribution in [0.2, 0.25) is 0 Å². The Hall–Kier alpha value is -0.910. The second-order valence-electron chi connectivity index (χ2n) is 5.10. The van der Waals surface area contributed by atoms with Crippen molar-refractivity contribution in [3.8, 4) is 0 Å². The molecule has 2 aromatic heterocycles. The van der Waals surface area contributed by atoms with Crippen LogP contribution in [0.3, 0.4) is 0 Å². The third-order valence-corrected chi connectivity index (χ3v) is 4.84. The zero-order valence-electron chi connectivity index (χ0n) is 12.4. The van der Waals surface area contributed by atoms with Crippen molar-refractivity contribution in [3.63, 3.8) is 0 Å². The van der Waals surface area contributed by atoms with E-state index in [1.807, 2.05) is 11.3 Å². The summed E-state index contributed by atoms with van der Waals surface area (Å²) in [6, 6.07) is 4.76. The summed E-state index contributed by atoms with van der Waals surface area (Å²) in [6.07, 6.45) is 1.16. The fourth-order valence-electron chi connectivity index (χ4n) is 1.94. The zero-order valence-corrected chi connectivity index (χ0v) is 14.1. The fourth-order valence-corrected chi connectivity index (χ4v) is 3.61. The topological polar surface area (TPSA) is 28.2 Å². The minimum Gasteiger partial charge on any atom is -0.341 e. The molecule has 0 unspecified atom stereocenters. The van der Waals surface area contributed by atoms with Gasteiger partial charge in [0, 0.05) is 22.8 Å². The summed E-state index contributed by atoms with van der Waals surface area (Å²) in [5, 5.41) is 8.84. The van der Waals surface area contributed by atoms with Gasteiger partial charge in [0.2, 0.25) is 0 Å². The van der Waals surface area contributed by atoms with E-state index in [2.05, 4.69) is 53.9 Å². The summed E-state index contributed by atoms with van der Waals surface area (Å²) >= 11 is 3.56. The van der Waals surface area contributed by atoms with E-state index in [1.54, 1.807) is 11.3 Å². The Bertz CT molecular complexity index is 491. The molecule has 0 saturated heterocycles. The molecule has 2 rings (SSSR count). The van der Waals surface area contributed by atoms with Gasteiger partial charge < -0.3 is 10.2 Å². The number of aromatic nitrogens is 1. The van der Waals surface area contributed by atoms with Crippen LogP contribution in [0.15, 0.2) is 22.9 Å². The van der Waals surface area contributed by atoms with Crippen LogP contribution in [0, 0.1) is 0 Å². The number of rotatable bonds is 8. The zero-order chi connectivity index (χ0) is 14.4. The Morgan fingerprint density at radius 3 is 2.85 bits per heavy atom. The van der Waals surface area contributed by atoms with Gasteiger partial charge >= 0.3 is 0 Å². The van der Waals surface area contributed by atoms with Crippen molar-refractivity contribution in [2.75, 3.05) is 11.4 Å². The molecule has 0 atom stereocenters. The van der Waals surface area contributed by atoms with E-state index in [-0.39, 0.29) is 0 Å². The third kappa shape index (κ3) is 4.30. The Balaban J connectivity index is 2.02. The van der Waals surface area contributed by atoms with Gasteiger partial charge in [-0.2, -0.15) is 0 Å². The summed E-state index contributed by atoms with van der Waals surface area (Å²) in [5.41, 5.74) is 1.15. The first-order valence-electron chi connectivity index (χ1n) is 7.14. The van der Waals surface area contributed by atoms with Crippen LogP contribution in [0.4, 0.5) is 5.13 Å². The number of thiophene rings is 1. The summed E-state index contributed by atoms with van der Waals surface area (Å²) in [6.45, 7) is 9.50. The summed E-state index contributed by atoms with van der Waals surface area (Å²) < 4.78 is 0. The van der Waals surface area contributed by atoms with Crippen molar-refractivity contribution < 1.29 is 0 Å². The molecule has 2 aromatic rings. The number of nitrogens with zero attached hydrogens (tertiary/aromatic N) is 2. The molecule has 0 spiro atoms. The number of hydrogen-bond donors (Lipinski definition) is 1. The van der Waals surface area contributed by atoms with E-state index in [0.717, 1.165) is 36.9 Å². The van der Waals surface area contributed by atoms with Crippen molar-refractivity contribution in [1.82, 2.24) is 10.3 Å². The highest BCUT2D eigenvalue weighted by Crippen LogP contribution is 2.25. The van der Waals surface area contributed by atoms with E-state index < -0.39 is 0 Å². The minimum atomic E-state index is 0.458. The van der Waals surface area contributed by atoms with Crippen molar-refractivity contribution in [1.29, 1.82) is 0 Å². The molecule has 0 radical (unpaired) electrons. The highest BCUT2D eigenvalue weighted by Gasteiger charge is 2.15. The Kier molecular flexibility index (Phi) is 6.01. The second-order valence-corrected chi connectivity index (χ2v) is 6.97. The fraction of sp³-hybridized carbons (Fsp3) is 0.533. The molecular formula is C15H23N3S2. The minimum absolute atomic E-state index is 0.458. The average Bonchev–Trinajstić information content (AvgIpc) is 3.07. The second kappa shape index (κ2) is 7.76. The third-order valence-electron chi connectivity index (χ3n) is 3.05. The van der Waals surface area contributed by atoms with Gasteiger partial charge in [-0.25, -0.2) is 4.98 Å². The normalized spacial score (nSPS) is 11.2. The molecule has 3 nitrogen and oxygen atoms in total. The van der Waals surface area contributed by atoms with Gasteiger partial charge in [-0.1, -0.05) is 13.0 Å². The monoisotopic (exact) mass is 309 g/mol. The molecule has 0 amide bonds. The van der Waals surface area contributed by atoms with Crippen LogP contribution in [0.1, 0.15) is 37.8 Å². The van der Waals surface area contributed by atoms with Gasteiger partial charge in [-0.3, -0.25) is 0 Å². The molecule has 2 heterocycles. The molecular weight excluding hydrogens is 286 g/mol. The Morgan fingerprint density at radius 2 is 2.20 bits per heavy atom. The first-order chi connectivity index (χ1) is 9.70. The van der Waals surface area contributed by atoms with Gasteiger partial charge in [-0.15, -0.1) is 22.7 Å².